The number of hydrogen-bond acceptors (Lipinski definition) is 3. The third-order valence-electron chi connectivity index (χ3n) is 4.34. The van der Waals surface area contributed by atoms with E-state index in [0.717, 1.165) is 25.3 Å². The highest BCUT2D eigenvalue weighted by Gasteiger charge is 2.14. The molecule has 0 spiro atoms. The molecular weight excluding hydrogens is 248 g/mol. The van der Waals surface area contributed by atoms with Crippen molar-refractivity contribution in [3.63, 3.8) is 0 Å². The summed E-state index contributed by atoms with van der Waals surface area (Å²) in [5.74, 6) is 1.04. The molecule has 1 aliphatic rings. The molecule has 112 valence electrons. The molecule has 0 aromatic heterocycles. The Hall–Kier alpha value is -1.06. The largest absolute Gasteiger partial charge is 0.493 e. The summed E-state index contributed by atoms with van der Waals surface area (Å²) in [6.07, 6.45) is 1.11. The Morgan fingerprint density at radius 2 is 1.75 bits per heavy atom. The van der Waals surface area contributed by atoms with Crippen molar-refractivity contribution in [1.29, 1.82) is 0 Å². The second-order valence-corrected chi connectivity index (χ2v) is 5.68. The maximum atomic E-state index is 5.91. The summed E-state index contributed by atoms with van der Waals surface area (Å²) in [5, 5.41) is 0. The van der Waals surface area contributed by atoms with Crippen molar-refractivity contribution in [2.24, 2.45) is 0 Å². The summed E-state index contributed by atoms with van der Waals surface area (Å²) in [6.45, 7) is 14.5. The molecule has 0 bridgehead atoms. The van der Waals surface area contributed by atoms with E-state index in [1.807, 2.05) is 0 Å². The minimum atomic E-state index is 0.818. The van der Waals surface area contributed by atoms with Crippen molar-refractivity contribution >= 4 is 0 Å². The van der Waals surface area contributed by atoms with Gasteiger partial charge in [0.15, 0.2) is 0 Å². The van der Waals surface area contributed by atoms with Crippen LogP contribution in [0.5, 0.6) is 5.75 Å². The molecule has 0 atom stereocenters. The van der Waals surface area contributed by atoms with E-state index in [2.05, 4.69) is 48.8 Å². The Kier molecular flexibility index (Phi) is 5.86. The highest BCUT2D eigenvalue weighted by atomic mass is 16.5. The molecule has 0 radical (unpaired) electrons. The van der Waals surface area contributed by atoms with Crippen LogP contribution >= 0.6 is 0 Å². The van der Waals surface area contributed by atoms with Gasteiger partial charge in [-0.25, -0.2) is 0 Å². The van der Waals surface area contributed by atoms with Crippen molar-refractivity contribution in [3.05, 3.63) is 29.3 Å². The lowest BCUT2D eigenvalue weighted by molar-refractivity contribution is 0.130. The SMILES string of the molecule is CCN1CCN(CCCOc2cccc(C)c2C)CC1. The smallest absolute Gasteiger partial charge is 0.122 e. The Labute approximate surface area is 123 Å². The van der Waals surface area contributed by atoms with E-state index in [9.17, 15) is 0 Å². The lowest BCUT2D eigenvalue weighted by Gasteiger charge is -2.33. The number of benzene rings is 1. The molecular formula is C17H28N2O. The molecule has 1 aliphatic heterocycles. The molecule has 3 heteroatoms. The molecule has 1 aromatic carbocycles. The van der Waals surface area contributed by atoms with Gasteiger partial charge in [-0.3, -0.25) is 0 Å². The first kappa shape index (κ1) is 15.3. The average Bonchev–Trinajstić information content (AvgIpc) is 2.48. The van der Waals surface area contributed by atoms with Crippen LogP contribution in [0.2, 0.25) is 0 Å². The predicted octanol–water partition coefficient (Wildman–Crippen LogP) is 2.71. The Balaban J connectivity index is 1.66. The number of rotatable bonds is 6. The molecule has 0 saturated carbocycles. The van der Waals surface area contributed by atoms with E-state index in [1.165, 1.54) is 43.9 Å². The summed E-state index contributed by atoms with van der Waals surface area (Å²) in [6, 6.07) is 6.28. The third kappa shape index (κ3) is 4.22. The Bertz CT molecular complexity index is 411. The highest BCUT2D eigenvalue weighted by molar-refractivity contribution is 5.38. The van der Waals surface area contributed by atoms with Crippen molar-refractivity contribution < 1.29 is 4.74 Å². The molecule has 0 N–H and O–H groups in total. The summed E-state index contributed by atoms with van der Waals surface area (Å²) < 4.78 is 5.91. The van der Waals surface area contributed by atoms with Gasteiger partial charge in [-0.1, -0.05) is 19.1 Å². The van der Waals surface area contributed by atoms with Gasteiger partial charge in [0, 0.05) is 32.7 Å². The van der Waals surface area contributed by atoms with Crippen LogP contribution in [0.4, 0.5) is 0 Å². The van der Waals surface area contributed by atoms with E-state index in [0.29, 0.717) is 0 Å². The maximum Gasteiger partial charge on any atom is 0.122 e. The van der Waals surface area contributed by atoms with Gasteiger partial charge < -0.3 is 14.5 Å². The van der Waals surface area contributed by atoms with Crippen LogP contribution in [0.1, 0.15) is 24.5 Å². The van der Waals surface area contributed by atoms with Gasteiger partial charge in [0.1, 0.15) is 5.75 Å². The maximum absolute atomic E-state index is 5.91. The van der Waals surface area contributed by atoms with Crippen molar-refractivity contribution in [3.8, 4) is 5.75 Å². The van der Waals surface area contributed by atoms with Crippen LogP contribution < -0.4 is 4.74 Å². The molecule has 1 aromatic rings. The van der Waals surface area contributed by atoms with Gasteiger partial charge in [0.05, 0.1) is 6.61 Å². The fraction of sp³-hybridized carbons (Fsp3) is 0.647. The second kappa shape index (κ2) is 7.65. The van der Waals surface area contributed by atoms with Crippen LogP contribution in [-0.4, -0.2) is 55.7 Å². The van der Waals surface area contributed by atoms with Crippen molar-refractivity contribution in [1.82, 2.24) is 9.80 Å². The molecule has 20 heavy (non-hydrogen) atoms. The van der Waals surface area contributed by atoms with Gasteiger partial charge in [0.25, 0.3) is 0 Å². The Morgan fingerprint density at radius 3 is 2.45 bits per heavy atom. The lowest BCUT2D eigenvalue weighted by Crippen LogP contribution is -2.46. The molecule has 0 aliphatic carbocycles. The summed E-state index contributed by atoms with van der Waals surface area (Å²) in [5.41, 5.74) is 2.57. The third-order valence-corrected chi connectivity index (χ3v) is 4.34. The van der Waals surface area contributed by atoms with Crippen LogP contribution in [-0.2, 0) is 0 Å². The second-order valence-electron chi connectivity index (χ2n) is 5.68. The average molecular weight is 276 g/mol. The van der Waals surface area contributed by atoms with Crippen LogP contribution in [0, 0.1) is 13.8 Å². The summed E-state index contributed by atoms with van der Waals surface area (Å²) in [7, 11) is 0. The zero-order valence-electron chi connectivity index (χ0n) is 13.2. The molecule has 1 heterocycles. The van der Waals surface area contributed by atoms with Crippen molar-refractivity contribution in [2.45, 2.75) is 27.2 Å². The molecule has 1 fully saturated rings. The standard InChI is InChI=1S/C17H28N2O/c1-4-18-10-12-19(13-11-18)9-6-14-20-17-8-5-7-15(2)16(17)3/h5,7-8H,4,6,9-14H2,1-3H3. The minimum absolute atomic E-state index is 0.818. The van der Waals surface area contributed by atoms with Crippen LogP contribution in [0.25, 0.3) is 0 Å². The molecule has 0 amide bonds. The van der Waals surface area contributed by atoms with E-state index in [1.54, 1.807) is 0 Å². The van der Waals surface area contributed by atoms with Gasteiger partial charge >= 0.3 is 0 Å². The number of piperazine rings is 1. The van der Waals surface area contributed by atoms with Crippen molar-refractivity contribution in [2.75, 3.05) is 45.9 Å². The van der Waals surface area contributed by atoms with E-state index in [4.69, 9.17) is 4.74 Å². The first-order valence-electron chi connectivity index (χ1n) is 7.84. The molecule has 1 saturated heterocycles. The van der Waals surface area contributed by atoms with Gasteiger partial charge in [-0.2, -0.15) is 0 Å². The molecule has 2 rings (SSSR count). The lowest BCUT2D eigenvalue weighted by atomic mass is 10.1. The normalized spacial score (nSPS) is 17.4. The fourth-order valence-electron chi connectivity index (χ4n) is 2.68. The zero-order valence-corrected chi connectivity index (χ0v) is 13.2. The number of ether oxygens (including phenoxy) is 1. The quantitative estimate of drug-likeness (QED) is 0.743. The number of nitrogens with zero attached hydrogens (tertiary/aromatic N) is 2. The number of hydrogen-bond donors (Lipinski definition) is 0. The number of aryl methyl sites for hydroxylation is 1. The van der Waals surface area contributed by atoms with E-state index < -0.39 is 0 Å². The monoisotopic (exact) mass is 276 g/mol. The highest BCUT2D eigenvalue weighted by Crippen LogP contribution is 2.20. The van der Waals surface area contributed by atoms with Gasteiger partial charge in [-0.05, 0) is 44.0 Å². The zero-order chi connectivity index (χ0) is 14.4. The molecule has 3 nitrogen and oxygen atoms in total. The van der Waals surface area contributed by atoms with E-state index in [-0.39, 0.29) is 0 Å². The van der Waals surface area contributed by atoms with Gasteiger partial charge in [-0.15, -0.1) is 0 Å². The van der Waals surface area contributed by atoms with Crippen LogP contribution in [0.15, 0.2) is 18.2 Å². The predicted molar refractivity (Wildman–Crippen MR) is 84.6 cm³/mol. The van der Waals surface area contributed by atoms with Gasteiger partial charge in [0.2, 0.25) is 0 Å². The number of likely N-dealkylation sites (N-methyl/N-ethyl adjacent to an activating group) is 1. The summed E-state index contributed by atoms with van der Waals surface area (Å²) >= 11 is 0. The fourth-order valence-corrected chi connectivity index (χ4v) is 2.68. The van der Waals surface area contributed by atoms with E-state index >= 15 is 0 Å². The minimum Gasteiger partial charge on any atom is -0.493 e. The molecule has 0 unspecified atom stereocenters. The topological polar surface area (TPSA) is 15.7 Å². The summed E-state index contributed by atoms with van der Waals surface area (Å²) in [4.78, 5) is 5.07. The Morgan fingerprint density at radius 1 is 1.05 bits per heavy atom. The first-order chi connectivity index (χ1) is 9.70. The van der Waals surface area contributed by atoms with Crippen LogP contribution in [0.3, 0.4) is 0 Å². The first-order valence-corrected chi connectivity index (χ1v) is 7.84.